The number of sulfonamides is 1. The Morgan fingerprint density at radius 3 is 2.31 bits per heavy atom. The predicted molar refractivity (Wildman–Crippen MR) is 87.8 cm³/mol. The maximum atomic E-state index is 13.7. The molecule has 1 aromatic carbocycles. The number of alkyl halides is 3. The number of hydrogen-bond acceptors (Lipinski definition) is 4. The highest BCUT2D eigenvalue weighted by molar-refractivity contribution is 7.89. The average molecular weight is 424 g/mol. The SMILES string of the molecule is Cc1cc(S(=O)(=O)NCC(N2CCNCC2)C(F)(F)F)c(F)cc1F.Cl. The second-order valence-electron chi connectivity index (χ2n) is 5.73. The van der Waals surface area contributed by atoms with E-state index in [1.165, 1.54) is 6.92 Å². The molecule has 0 aliphatic carbocycles. The molecule has 1 aliphatic heterocycles. The molecule has 2 rings (SSSR count). The molecule has 1 saturated heterocycles. The Morgan fingerprint density at radius 1 is 1.19 bits per heavy atom. The molecule has 5 nitrogen and oxygen atoms in total. The lowest BCUT2D eigenvalue weighted by Crippen LogP contribution is -2.57. The number of rotatable bonds is 5. The van der Waals surface area contributed by atoms with Gasteiger partial charge in [0.25, 0.3) is 0 Å². The van der Waals surface area contributed by atoms with Crippen LogP contribution in [0, 0.1) is 18.6 Å². The van der Waals surface area contributed by atoms with Crippen LogP contribution < -0.4 is 10.0 Å². The minimum absolute atomic E-state index is 0. The third-order valence-electron chi connectivity index (χ3n) is 3.94. The van der Waals surface area contributed by atoms with Crippen LogP contribution in [0.1, 0.15) is 5.56 Å². The third kappa shape index (κ3) is 5.49. The molecule has 0 spiro atoms. The maximum absolute atomic E-state index is 13.7. The number of piperazine rings is 1. The smallest absolute Gasteiger partial charge is 0.314 e. The Balaban J connectivity index is 0.00000338. The van der Waals surface area contributed by atoms with Gasteiger partial charge in [-0.3, -0.25) is 4.90 Å². The van der Waals surface area contributed by atoms with E-state index in [0.29, 0.717) is 19.2 Å². The van der Waals surface area contributed by atoms with E-state index in [1.54, 1.807) is 4.72 Å². The summed E-state index contributed by atoms with van der Waals surface area (Å²) < 4.78 is 92.9. The predicted octanol–water partition coefficient (Wildman–Crippen LogP) is 1.81. The Kier molecular flexibility index (Phi) is 7.78. The Hall–Kier alpha value is -1.01. The Morgan fingerprint density at radius 2 is 1.77 bits per heavy atom. The van der Waals surface area contributed by atoms with Crippen LogP contribution in [0.4, 0.5) is 22.0 Å². The summed E-state index contributed by atoms with van der Waals surface area (Å²) in [4.78, 5) is 0.235. The first kappa shape index (κ1) is 23.0. The summed E-state index contributed by atoms with van der Waals surface area (Å²) in [6.45, 7) is 1.19. The second kappa shape index (κ2) is 8.79. The molecule has 1 atom stereocenters. The fraction of sp³-hybridized carbons (Fsp3) is 0.571. The van der Waals surface area contributed by atoms with Crippen LogP contribution in [0.15, 0.2) is 17.0 Å². The molecule has 0 saturated carbocycles. The molecular weight excluding hydrogens is 405 g/mol. The van der Waals surface area contributed by atoms with E-state index in [0.717, 1.165) is 11.0 Å². The molecule has 0 bridgehead atoms. The van der Waals surface area contributed by atoms with Crippen LogP contribution >= 0.6 is 12.4 Å². The molecule has 1 aromatic rings. The molecule has 1 heterocycles. The number of aryl methyl sites for hydroxylation is 1. The van der Waals surface area contributed by atoms with Gasteiger partial charge in [0, 0.05) is 38.8 Å². The van der Waals surface area contributed by atoms with E-state index in [-0.39, 0.29) is 31.1 Å². The minimum atomic E-state index is -4.66. The van der Waals surface area contributed by atoms with Gasteiger partial charge in [0.2, 0.25) is 10.0 Å². The van der Waals surface area contributed by atoms with Crippen LogP contribution in [-0.4, -0.2) is 58.3 Å². The topological polar surface area (TPSA) is 61.4 Å². The highest BCUT2D eigenvalue weighted by atomic mass is 35.5. The van der Waals surface area contributed by atoms with Crippen molar-refractivity contribution in [2.24, 2.45) is 0 Å². The van der Waals surface area contributed by atoms with Crippen LogP contribution in [0.3, 0.4) is 0 Å². The van der Waals surface area contributed by atoms with Crippen molar-refractivity contribution >= 4 is 22.4 Å². The number of benzene rings is 1. The van der Waals surface area contributed by atoms with Crippen LogP contribution in [0.25, 0.3) is 0 Å². The zero-order chi connectivity index (χ0) is 18.8. The van der Waals surface area contributed by atoms with Crippen molar-refractivity contribution in [3.63, 3.8) is 0 Å². The summed E-state index contributed by atoms with van der Waals surface area (Å²) in [5.41, 5.74) is -0.128. The summed E-state index contributed by atoms with van der Waals surface area (Å²) in [6.07, 6.45) is -4.66. The van der Waals surface area contributed by atoms with Gasteiger partial charge in [-0.1, -0.05) is 0 Å². The lowest BCUT2D eigenvalue weighted by molar-refractivity contribution is -0.182. The van der Waals surface area contributed by atoms with Crippen molar-refractivity contribution in [2.75, 3.05) is 32.7 Å². The first-order valence-electron chi connectivity index (χ1n) is 7.49. The van der Waals surface area contributed by atoms with Gasteiger partial charge < -0.3 is 5.32 Å². The Bertz CT molecular complexity index is 724. The lowest BCUT2D eigenvalue weighted by atomic mass is 10.2. The number of hydrogen-bond donors (Lipinski definition) is 2. The summed E-state index contributed by atoms with van der Waals surface area (Å²) in [5, 5.41) is 2.91. The van der Waals surface area contributed by atoms with E-state index in [9.17, 15) is 30.4 Å². The molecule has 1 fully saturated rings. The molecule has 150 valence electrons. The average Bonchev–Trinajstić information content (AvgIpc) is 2.50. The zero-order valence-corrected chi connectivity index (χ0v) is 15.4. The van der Waals surface area contributed by atoms with Gasteiger partial charge in [-0.25, -0.2) is 21.9 Å². The van der Waals surface area contributed by atoms with Gasteiger partial charge in [0.15, 0.2) is 0 Å². The zero-order valence-electron chi connectivity index (χ0n) is 13.7. The quantitative estimate of drug-likeness (QED) is 0.709. The highest BCUT2D eigenvalue weighted by Crippen LogP contribution is 2.26. The van der Waals surface area contributed by atoms with E-state index in [4.69, 9.17) is 0 Å². The molecule has 0 aromatic heterocycles. The van der Waals surface area contributed by atoms with E-state index >= 15 is 0 Å². The van der Waals surface area contributed by atoms with E-state index < -0.39 is 45.3 Å². The molecule has 12 heteroatoms. The molecule has 1 unspecified atom stereocenters. The fourth-order valence-electron chi connectivity index (χ4n) is 2.55. The normalized spacial score (nSPS) is 17.6. The van der Waals surface area contributed by atoms with Crippen molar-refractivity contribution in [1.29, 1.82) is 0 Å². The summed E-state index contributed by atoms with van der Waals surface area (Å²) >= 11 is 0. The molecule has 26 heavy (non-hydrogen) atoms. The Labute approximate surface area is 154 Å². The molecular formula is C14H19ClF5N3O2S. The van der Waals surface area contributed by atoms with Crippen molar-refractivity contribution < 1.29 is 30.4 Å². The first-order chi connectivity index (χ1) is 11.5. The number of nitrogens with zero attached hydrogens (tertiary/aromatic N) is 1. The second-order valence-corrected chi connectivity index (χ2v) is 7.46. The van der Waals surface area contributed by atoms with Gasteiger partial charge in [0.1, 0.15) is 22.6 Å². The van der Waals surface area contributed by atoms with Gasteiger partial charge in [-0.2, -0.15) is 13.2 Å². The van der Waals surface area contributed by atoms with E-state index in [2.05, 4.69) is 5.32 Å². The van der Waals surface area contributed by atoms with Crippen LogP contribution in [0.5, 0.6) is 0 Å². The lowest BCUT2D eigenvalue weighted by Gasteiger charge is -2.35. The molecule has 2 N–H and O–H groups in total. The summed E-state index contributed by atoms with van der Waals surface area (Å²) in [7, 11) is -4.56. The van der Waals surface area contributed by atoms with Crippen molar-refractivity contribution in [2.45, 2.75) is 24.0 Å². The summed E-state index contributed by atoms with van der Waals surface area (Å²) in [6, 6.07) is -0.893. The van der Waals surface area contributed by atoms with Crippen molar-refractivity contribution in [3.05, 3.63) is 29.3 Å². The van der Waals surface area contributed by atoms with Gasteiger partial charge in [-0.05, 0) is 18.6 Å². The van der Waals surface area contributed by atoms with Crippen molar-refractivity contribution in [1.82, 2.24) is 14.9 Å². The largest absolute Gasteiger partial charge is 0.405 e. The highest BCUT2D eigenvalue weighted by Gasteiger charge is 2.44. The standard InChI is InChI=1S/C14H18F5N3O2S.ClH/c1-9-6-12(11(16)7-10(9)15)25(23,24)21-8-13(14(17,18)19)22-4-2-20-3-5-22;/h6-7,13,20-21H,2-5,8H2,1H3;1H. The number of nitrogens with one attached hydrogen (secondary N) is 2. The molecule has 1 aliphatic rings. The van der Waals surface area contributed by atoms with Crippen molar-refractivity contribution in [3.8, 4) is 0 Å². The summed E-state index contributed by atoms with van der Waals surface area (Å²) in [5.74, 6) is -2.30. The van der Waals surface area contributed by atoms with Gasteiger partial charge in [0.05, 0.1) is 0 Å². The van der Waals surface area contributed by atoms with Crippen LogP contribution in [0.2, 0.25) is 0 Å². The maximum Gasteiger partial charge on any atom is 0.405 e. The minimum Gasteiger partial charge on any atom is -0.314 e. The third-order valence-corrected chi connectivity index (χ3v) is 5.38. The molecule has 0 radical (unpaired) electrons. The number of halogens is 6. The van der Waals surface area contributed by atoms with E-state index in [1.807, 2.05) is 0 Å². The fourth-order valence-corrected chi connectivity index (χ4v) is 3.73. The molecule has 0 amide bonds. The van der Waals surface area contributed by atoms with Crippen LogP contribution in [-0.2, 0) is 10.0 Å². The first-order valence-corrected chi connectivity index (χ1v) is 8.97. The monoisotopic (exact) mass is 423 g/mol. The van der Waals surface area contributed by atoms with Gasteiger partial charge in [-0.15, -0.1) is 12.4 Å². The van der Waals surface area contributed by atoms with Gasteiger partial charge >= 0.3 is 6.18 Å².